The average molecular weight is 325 g/mol. The van der Waals surface area contributed by atoms with Crippen LogP contribution < -0.4 is 15.8 Å². The van der Waals surface area contributed by atoms with Crippen molar-refractivity contribution in [1.82, 2.24) is 0 Å². The zero-order valence-corrected chi connectivity index (χ0v) is 11.8. The van der Waals surface area contributed by atoms with E-state index in [-0.39, 0.29) is 5.82 Å². The summed E-state index contributed by atoms with van der Waals surface area (Å²) in [5.74, 6) is 0.446. The van der Waals surface area contributed by atoms with Crippen molar-refractivity contribution in [2.45, 2.75) is 0 Å². The van der Waals surface area contributed by atoms with Crippen LogP contribution in [-0.4, -0.2) is 13.2 Å². The van der Waals surface area contributed by atoms with Gasteiger partial charge in [0.25, 0.3) is 0 Å². The molecule has 0 aromatic heterocycles. The summed E-state index contributed by atoms with van der Waals surface area (Å²) in [5, 5.41) is 3.10. The highest BCUT2D eigenvalue weighted by atomic mass is 79.9. The first-order chi connectivity index (χ1) is 9.16. The maximum Gasteiger partial charge on any atom is 0.139 e. The summed E-state index contributed by atoms with van der Waals surface area (Å²) in [4.78, 5) is 0. The molecule has 0 spiro atoms. The molecule has 0 bridgehead atoms. The Kier molecular flexibility index (Phi) is 4.63. The van der Waals surface area contributed by atoms with Crippen LogP contribution in [0.25, 0.3) is 0 Å². The molecule has 0 heterocycles. The molecule has 0 aliphatic heterocycles. The van der Waals surface area contributed by atoms with Crippen molar-refractivity contribution in [2.24, 2.45) is 0 Å². The molecule has 0 unspecified atom stereocenters. The maximum atomic E-state index is 13.2. The predicted molar refractivity (Wildman–Crippen MR) is 78.9 cm³/mol. The van der Waals surface area contributed by atoms with Gasteiger partial charge in [-0.25, -0.2) is 4.39 Å². The van der Waals surface area contributed by atoms with Crippen LogP contribution in [0.2, 0.25) is 0 Å². The minimum atomic E-state index is -0.372. The number of benzene rings is 2. The van der Waals surface area contributed by atoms with Gasteiger partial charge in [0.15, 0.2) is 0 Å². The molecule has 5 heteroatoms. The van der Waals surface area contributed by atoms with E-state index in [1.807, 2.05) is 30.3 Å². The lowest BCUT2D eigenvalue weighted by Crippen LogP contribution is -2.12. The van der Waals surface area contributed by atoms with Gasteiger partial charge in [-0.15, -0.1) is 0 Å². The van der Waals surface area contributed by atoms with Gasteiger partial charge in [-0.3, -0.25) is 0 Å². The van der Waals surface area contributed by atoms with Gasteiger partial charge in [0.05, 0.1) is 15.8 Å². The summed E-state index contributed by atoms with van der Waals surface area (Å²) in [7, 11) is 0. The molecule has 0 saturated carbocycles. The molecular weight excluding hydrogens is 311 g/mol. The third-order valence-electron chi connectivity index (χ3n) is 2.52. The summed E-state index contributed by atoms with van der Waals surface area (Å²) in [6.07, 6.45) is 0. The Hall–Kier alpha value is -1.75. The molecule has 3 N–H and O–H groups in total. The fourth-order valence-electron chi connectivity index (χ4n) is 1.59. The van der Waals surface area contributed by atoms with E-state index in [0.717, 1.165) is 5.75 Å². The lowest BCUT2D eigenvalue weighted by atomic mass is 10.2. The monoisotopic (exact) mass is 324 g/mol. The van der Waals surface area contributed by atoms with Crippen LogP contribution in [0.15, 0.2) is 46.9 Å². The van der Waals surface area contributed by atoms with Gasteiger partial charge < -0.3 is 15.8 Å². The van der Waals surface area contributed by atoms with Gasteiger partial charge in [0, 0.05) is 12.6 Å². The van der Waals surface area contributed by atoms with Gasteiger partial charge in [-0.1, -0.05) is 18.2 Å². The lowest BCUT2D eigenvalue weighted by Gasteiger charge is -2.11. The van der Waals surface area contributed by atoms with E-state index in [0.29, 0.717) is 29.0 Å². The molecule has 19 heavy (non-hydrogen) atoms. The highest BCUT2D eigenvalue weighted by Gasteiger charge is 2.05. The molecular formula is C14H14BrFN2O. The topological polar surface area (TPSA) is 47.3 Å². The van der Waals surface area contributed by atoms with Crippen LogP contribution in [-0.2, 0) is 0 Å². The van der Waals surface area contributed by atoms with Crippen molar-refractivity contribution >= 4 is 27.3 Å². The number of nitrogen functional groups attached to an aromatic ring is 1. The first kappa shape index (κ1) is 13.7. The highest BCUT2D eigenvalue weighted by molar-refractivity contribution is 9.10. The first-order valence-electron chi connectivity index (χ1n) is 5.83. The normalized spacial score (nSPS) is 10.2. The number of nitrogens with two attached hydrogens (primary N) is 1. The van der Waals surface area contributed by atoms with Crippen molar-refractivity contribution in [3.8, 4) is 5.75 Å². The van der Waals surface area contributed by atoms with Crippen LogP contribution in [0, 0.1) is 5.82 Å². The summed E-state index contributed by atoms with van der Waals surface area (Å²) < 4.78 is 19.1. The Morgan fingerprint density at radius 2 is 1.95 bits per heavy atom. The van der Waals surface area contributed by atoms with Crippen LogP contribution in [0.4, 0.5) is 15.8 Å². The molecule has 0 atom stereocenters. The number of para-hydroxylation sites is 1. The largest absolute Gasteiger partial charge is 0.492 e. The summed E-state index contributed by atoms with van der Waals surface area (Å²) in [5.41, 5.74) is 6.78. The molecule has 3 nitrogen and oxygen atoms in total. The highest BCUT2D eigenvalue weighted by Crippen LogP contribution is 2.26. The van der Waals surface area contributed by atoms with E-state index in [9.17, 15) is 4.39 Å². The zero-order valence-electron chi connectivity index (χ0n) is 10.2. The van der Waals surface area contributed by atoms with Gasteiger partial charge in [-0.2, -0.15) is 0 Å². The Labute approximate surface area is 119 Å². The van der Waals surface area contributed by atoms with E-state index in [1.54, 1.807) is 6.07 Å². The number of ether oxygens (including phenoxy) is 1. The summed E-state index contributed by atoms with van der Waals surface area (Å²) >= 11 is 3.12. The number of hydrogen-bond acceptors (Lipinski definition) is 3. The van der Waals surface area contributed by atoms with Crippen molar-refractivity contribution in [1.29, 1.82) is 0 Å². The first-order valence-corrected chi connectivity index (χ1v) is 6.62. The number of rotatable bonds is 5. The molecule has 0 aliphatic carbocycles. The van der Waals surface area contributed by atoms with Crippen LogP contribution in [0.3, 0.4) is 0 Å². The number of nitrogens with one attached hydrogen (secondary N) is 1. The standard InChI is InChI=1S/C14H14BrFN2O/c15-11-8-14(13(17)9-12(11)16)18-6-7-19-10-4-2-1-3-5-10/h1-5,8-9,18H,6-7,17H2. The number of hydrogen-bond donors (Lipinski definition) is 2. The van der Waals surface area contributed by atoms with Crippen LogP contribution >= 0.6 is 15.9 Å². The SMILES string of the molecule is Nc1cc(F)c(Br)cc1NCCOc1ccccc1. The third kappa shape index (κ3) is 3.86. The quantitative estimate of drug-likeness (QED) is 0.651. The van der Waals surface area contributed by atoms with Crippen LogP contribution in [0.5, 0.6) is 5.75 Å². The minimum Gasteiger partial charge on any atom is -0.492 e. The molecule has 2 rings (SSSR count). The lowest BCUT2D eigenvalue weighted by molar-refractivity contribution is 0.333. The second kappa shape index (κ2) is 6.43. The van der Waals surface area contributed by atoms with Crippen molar-refractivity contribution in [3.63, 3.8) is 0 Å². The second-order valence-electron chi connectivity index (χ2n) is 3.94. The summed E-state index contributed by atoms with van der Waals surface area (Å²) in [6.45, 7) is 1.08. The molecule has 0 radical (unpaired) electrons. The zero-order chi connectivity index (χ0) is 13.7. The van der Waals surface area contributed by atoms with Gasteiger partial charge in [-0.05, 0) is 34.1 Å². The number of halogens is 2. The predicted octanol–water partition coefficient (Wildman–Crippen LogP) is 3.66. The van der Waals surface area contributed by atoms with E-state index in [4.69, 9.17) is 10.5 Å². The fraction of sp³-hybridized carbons (Fsp3) is 0.143. The summed E-state index contributed by atoms with van der Waals surface area (Å²) in [6, 6.07) is 12.4. The Bertz CT molecular complexity index is 549. The van der Waals surface area contributed by atoms with E-state index in [2.05, 4.69) is 21.2 Å². The van der Waals surface area contributed by atoms with E-state index in [1.165, 1.54) is 6.07 Å². The van der Waals surface area contributed by atoms with Gasteiger partial charge >= 0.3 is 0 Å². The average Bonchev–Trinajstić information content (AvgIpc) is 2.41. The Morgan fingerprint density at radius 1 is 1.21 bits per heavy atom. The smallest absolute Gasteiger partial charge is 0.139 e. The fourth-order valence-corrected chi connectivity index (χ4v) is 1.93. The van der Waals surface area contributed by atoms with Gasteiger partial charge in [0.2, 0.25) is 0 Å². The Balaban J connectivity index is 1.85. The van der Waals surface area contributed by atoms with E-state index >= 15 is 0 Å². The van der Waals surface area contributed by atoms with Gasteiger partial charge in [0.1, 0.15) is 18.2 Å². The molecule has 100 valence electrons. The molecule has 2 aromatic carbocycles. The molecule has 0 saturated heterocycles. The minimum absolute atomic E-state index is 0.372. The van der Waals surface area contributed by atoms with Crippen molar-refractivity contribution < 1.29 is 9.13 Å². The molecule has 0 amide bonds. The molecule has 2 aromatic rings. The van der Waals surface area contributed by atoms with Crippen molar-refractivity contribution in [3.05, 3.63) is 52.8 Å². The van der Waals surface area contributed by atoms with E-state index < -0.39 is 0 Å². The van der Waals surface area contributed by atoms with Crippen LogP contribution in [0.1, 0.15) is 0 Å². The number of anilines is 2. The second-order valence-corrected chi connectivity index (χ2v) is 4.80. The van der Waals surface area contributed by atoms with Crippen molar-refractivity contribution in [2.75, 3.05) is 24.2 Å². The Morgan fingerprint density at radius 3 is 2.68 bits per heavy atom. The molecule has 0 fully saturated rings. The maximum absolute atomic E-state index is 13.2. The molecule has 0 aliphatic rings. The third-order valence-corrected chi connectivity index (χ3v) is 3.13.